The molecule has 0 unspecified atom stereocenters. The number of nitrogens with one attached hydrogen (secondary N) is 2. The molecule has 0 saturated carbocycles. The van der Waals surface area contributed by atoms with Crippen molar-refractivity contribution in [1.82, 2.24) is 10.3 Å². The Morgan fingerprint density at radius 2 is 1.89 bits per heavy atom. The van der Waals surface area contributed by atoms with Gasteiger partial charge in [0.15, 0.2) is 0 Å². The summed E-state index contributed by atoms with van der Waals surface area (Å²) in [6.07, 6.45) is 1.56. The molecule has 1 heterocycles. The summed E-state index contributed by atoms with van der Waals surface area (Å²) in [5.74, 6) is 0.782. The Balaban J connectivity index is 1.46. The van der Waals surface area contributed by atoms with E-state index >= 15 is 0 Å². The molecule has 2 N–H and O–H groups in total. The number of amides is 1. The molecule has 0 bridgehead atoms. The maximum absolute atomic E-state index is 12.3. The van der Waals surface area contributed by atoms with Crippen LogP contribution in [0.3, 0.4) is 0 Å². The van der Waals surface area contributed by atoms with Gasteiger partial charge in [0.2, 0.25) is 5.91 Å². The van der Waals surface area contributed by atoms with Gasteiger partial charge in [-0.05, 0) is 62.1 Å². The number of aromatic amines is 1. The number of rotatable bonds is 8. The lowest BCUT2D eigenvalue weighted by molar-refractivity contribution is -0.121. The van der Waals surface area contributed by atoms with E-state index in [1.807, 2.05) is 56.3 Å². The van der Waals surface area contributed by atoms with Crippen molar-refractivity contribution in [2.24, 2.45) is 0 Å². The van der Waals surface area contributed by atoms with Crippen molar-refractivity contribution in [2.45, 2.75) is 33.1 Å². The van der Waals surface area contributed by atoms with E-state index in [1.165, 1.54) is 0 Å². The Bertz CT molecular complexity index is 1010. The van der Waals surface area contributed by atoms with Crippen LogP contribution in [0.4, 0.5) is 0 Å². The predicted molar refractivity (Wildman–Crippen MR) is 112 cm³/mol. The van der Waals surface area contributed by atoms with Crippen LogP contribution in [0.15, 0.2) is 53.3 Å². The first-order valence-corrected chi connectivity index (χ1v) is 9.60. The molecule has 0 aliphatic carbocycles. The number of hydrogen-bond acceptors (Lipinski definition) is 3. The lowest BCUT2D eigenvalue weighted by Gasteiger charge is -2.09. The fourth-order valence-corrected chi connectivity index (χ4v) is 3.27. The second-order valence-corrected chi connectivity index (χ2v) is 7.03. The van der Waals surface area contributed by atoms with Crippen LogP contribution in [0.5, 0.6) is 5.75 Å². The summed E-state index contributed by atoms with van der Waals surface area (Å²) in [6, 6.07) is 15.6. The van der Waals surface area contributed by atoms with Crippen molar-refractivity contribution >= 4 is 16.8 Å². The molecule has 0 aliphatic rings. The molecule has 3 aromatic rings. The van der Waals surface area contributed by atoms with Crippen LogP contribution in [0.1, 0.15) is 29.5 Å². The fraction of sp³-hybridized carbons (Fsp3) is 0.304. The van der Waals surface area contributed by atoms with Crippen molar-refractivity contribution in [2.75, 3.05) is 13.2 Å². The van der Waals surface area contributed by atoms with Crippen LogP contribution in [-0.4, -0.2) is 24.0 Å². The van der Waals surface area contributed by atoms with Crippen molar-refractivity contribution in [3.05, 3.63) is 75.6 Å². The van der Waals surface area contributed by atoms with Crippen LogP contribution < -0.4 is 15.6 Å². The molecular formula is C23H26N2O3. The molecule has 0 spiro atoms. The van der Waals surface area contributed by atoms with Crippen LogP contribution >= 0.6 is 0 Å². The van der Waals surface area contributed by atoms with E-state index in [1.54, 1.807) is 0 Å². The topological polar surface area (TPSA) is 71.2 Å². The summed E-state index contributed by atoms with van der Waals surface area (Å²) in [5.41, 5.74) is 3.70. The first-order chi connectivity index (χ1) is 13.5. The van der Waals surface area contributed by atoms with E-state index in [4.69, 9.17) is 4.74 Å². The van der Waals surface area contributed by atoms with Gasteiger partial charge < -0.3 is 15.0 Å². The Kier molecular flexibility index (Phi) is 6.48. The van der Waals surface area contributed by atoms with Gasteiger partial charge in [-0.2, -0.15) is 0 Å². The Labute approximate surface area is 164 Å². The minimum absolute atomic E-state index is 0.0271. The first-order valence-electron chi connectivity index (χ1n) is 9.60. The highest BCUT2D eigenvalue weighted by atomic mass is 16.5. The first kappa shape index (κ1) is 19.7. The molecule has 0 radical (unpaired) electrons. The van der Waals surface area contributed by atoms with Crippen molar-refractivity contribution in [1.29, 1.82) is 0 Å². The quantitative estimate of drug-likeness (QED) is 0.588. The zero-order chi connectivity index (χ0) is 19.9. The van der Waals surface area contributed by atoms with Gasteiger partial charge in [0.1, 0.15) is 5.75 Å². The van der Waals surface area contributed by atoms with Crippen LogP contribution in [-0.2, 0) is 11.2 Å². The second kappa shape index (κ2) is 9.22. The van der Waals surface area contributed by atoms with Crippen molar-refractivity contribution in [3.8, 4) is 5.75 Å². The highest BCUT2D eigenvalue weighted by Gasteiger charge is 2.07. The van der Waals surface area contributed by atoms with Crippen LogP contribution in [0.25, 0.3) is 10.9 Å². The standard InChI is InChI=1S/C23H26N2O3/c1-16-13-17(2)20-15-18(23(27)25-21(20)14-16)10-11-24-22(26)9-6-12-28-19-7-4-3-5-8-19/h3-5,7-8,13-15H,6,9-12H2,1-2H3,(H,24,26)(H,25,27). The van der Waals surface area contributed by atoms with Gasteiger partial charge in [-0.25, -0.2) is 0 Å². The zero-order valence-electron chi connectivity index (χ0n) is 16.4. The summed E-state index contributed by atoms with van der Waals surface area (Å²) < 4.78 is 5.58. The molecule has 146 valence electrons. The average Bonchev–Trinajstić information content (AvgIpc) is 2.67. The number of H-pyrrole nitrogens is 1. The number of carbonyl (C=O) groups excluding carboxylic acids is 1. The normalized spacial score (nSPS) is 10.8. The molecule has 5 heteroatoms. The van der Waals surface area contributed by atoms with Gasteiger partial charge in [0, 0.05) is 29.4 Å². The Hall–Kier alpha value is -3.08. The van der Waals surface area contributed by atoms with Crippen LogP contribution in [0, 0.1) is 13.8 Å². The summed E-state index contributed by atoms with van der Waals surface area (Å²) >= 11 is 0. The predicted octanol–water partition coefficient (Wildman–Crippen LogP) is 3.66. The second-order valence-electron chi connectivity index (χ2n) is 7.03. The summed E-state index contributed by atoms with van der Waals surface area (Å²) in [4.78, 5) is 27.2. The monoisotopic (exact) mass is 378 g/mol. The van der Waals surface area contributed by atoms with Crippen molar-refractivity contribution < 1.29 is 9.53 Å². The molecular weight excluding hydrogens is 352 g/mol. The molecule has 0 fully saturated rings. The highest BCUT2D eigenvalue weighted by molar-refractivity contribution is 5.83. The van der Waals surface area contributed by atoms with E-state index in [2.05, 4.69) is 16.4 Å². The lowest BCUT2D eigenvalue weighted by atomic mass is 10.0. The number of pyridine rings is 1. The molecule has 3 rings (SSSR count). The molecule has 2 aromatic carbocycles. The SMILES string of the molecule is Cc1cc(C)c2cc(CCNC(=O)CCCOc3ccccc3)c(=O)[nH]c2c1. The molecule has 1 amide bonds. The Morgan fingerprint density at radius 1 is 1.11 bits per heavy atom. The van der Waals surface area contributed by atoms with E-state index < -0.39 is 0 Å². The lowest BCUT2D eigenvalue weighted by Crippen LogP contribution is -2.27. The third kappa shape index (κ3) is 5.22. The molecule has 0 aliphatic heterocycles. The number of carbonyl (C=O) groups is 1. The number of para-hydroxylation sites is 1. The maximum Gasteiger partial charge on any atom is 0.251 e. The van der Waals surface area contributed by atoms with Crippen molar-refractivity contribution in [3.63, 3.8) is 0 Å². The summed E-state index contributed by atoms with van der Waals surface area (Å²) in [5, 5.41) is 3.93. The van der Waals surface area contributed by atoms with Gasteiger partial charge in [0.25, 0.3) is 5.56 Å². The van der Waals surface area contributed by atoms with Gasteiger partial charge >= 0.3 is 0 Å². The minimum atomic E-state index is -0.0944. The van der Waals surface area contributed by atoms with Gasteiger partial charge in [-0.1, -0.05) is 24.3 Å². The molecule has 0 saturated heterocycles. The number of aromatic nitrogens is 1. The highest BCUT2D eigenvalue weighted by Crippen LogP contribution is 2.18. The third-order valence-electron chi connectivity index (χ3n) is 4.67. The summed E-state index contributed by atoms with van der Waals surface area (Å²) in [6.45, 7) is 4.99. The molecule has 0 atom stereocenters. The van der Waals surface area contributed by atoms with E-state index in [-0.39, 0.29) is 11.5 Å². The largest absolute Gasteiger partial charge is 0.494 e. The smallest absolute Gasteiger partial charge is 0.251 e. The van der Waals surface area contributed by atoms with Gasteiger partial charge in [-0.15, -0.1) is 0 Å². The van der Waals surface area contributed by atoms with Gasteiger partial charge in [-0.3, -0.25) is 9.59 Å². The molecule has 28 heavy (non-hydrogen) atoms. The third-order valence-corrected chi connectivity index (χ3v) is 4.67. The number of ether oxygens (including phenoxy) is 1. The molecule has 5 nitrogen and oxygen atoms in total. The number of aryl methyl sites for hydroxylation is 2. The van der Waals surface area contributed by atoms with E-state index in [0.29, 0.717) is 38.0 Å². The summed E-state index contributed by atoms with van der Waals surface area (Å²) in [7, 11) is 0. The van der Waals surface area contributed by atoms with E-state index in [9.17, 15) is 9.59 Å². The molecule has 1 aromatic heterocycles. The number of hydrogen-bond donors (Lipinski definition) is 2. The Morgan fingerprint density at radius 3 is 2.68 bits per heavy atom. The number of fused-ring (bicyclic) bond motifs is 1. The fourth-order valence-electron chi connectivity index (χ4n) is 3.27. The van der Waals surface area contributed by atoms with Gasteiger partial charge in [0.05, 0.1) is 6.61 Å². The van der Waals surface area contributed by atoms with E-state index in [0.717, 1.165) is 27.8 Å². The minimum Gasteiger partial charge on any atom is -0.494 e. The average molecular weight is 378 g/mol. The van der Waals surface area contributed by atoms with Crippen LogP contribution in [0.2, 0.25) is 0 Å². The maximum atomic E-state index is 12.3. The zero-order valence-corrected chi connectivity index (χ0v) is 16.4. The number of benzene rings is 2.